The number of carbonyl (C=O) groups excluding carboxylic acids is 1. The number of nitrogens with two attached hydrogens (primary N) is 1. The number of nitrogens with zero attached hydrogens (tertiary/aromatic N) is 1. The lowest BCUT2D eigenvalue weighted by Crippen LogP contribution is -2.56. The Morgan fingerprint density at radius 3 is 2.54 bits per heavy atom. The van der Waals surface area contributed by atoms with Crippen LogP contribution in [0.2, 0.25) is 0 Å². The zero-order valence-corrected chi connectivity index (χ0v) is 14.6. The molecule has 0 radical (unpaired) electrons. The summed E-state index contributed by atoms with van der Waals surface area (Å²) in [5.41, 5.74) is 6.27. The van der Waals surface area contributed by atoms with E-state index in [-0.39, 0.29) is 11.8 Å². The number of alkyl halides is 2. The average Bonchev–Trinajstić information content (AvgIpc) is 2.58. The van der Waals surface area contributed by atoms with Gasteiger partial charge in [0.2, 0.25) is 0 Å². The van der Waals surface area contributed by atoms with Crippen molar-refractivity contribution in [3.05, 3.63) is 0 Å². The highest BCUT2D eigenvalue weighted by Gasteiger charge is 2.47. The first kappa shape index (κ1) is 19.8. The zero-order chi connectivity index (χ0) is 18.0. The van der Waals surface area contributed by atoms with Gasteiger partial charge in [0.1, 0.15) is 6.17 Å². The third-order valence-corrected chi connectivity index (χ3v) is 6.24. The molecule has 140 valence electrons. The molecule has 24 heavy (non-hydrogen) atoms. The van der Waals surface area contributed by atoms with E-state index in [1.54, 1.807) is 0 Å². The molecule has 1 amide bonds. The van der Waals surface area contributed by atoms with E-state index >= 15 is 0 Å². The van der Waals surface area contributed by atoms with Crippen molar-refractivity contribution in [3.63, 3.8) is 0 Å². The first-order chi connectivity index (χ1) is 11.3. The number of piperidine rings is 1. The second-order valence-corrected chi connectivity index (χ2v) is 7.69. The van der Waals surface area contributed by atoms with E-state index in [1.165, 1.54) is 4.90 Å². The summed E-state index contributed by atoms with van der Waals surface area (Å²) in [6.07, 6.45) is -1.98. The summed E-state index contributed by atoms with van der Waals surface area (Å²) in [6.45, 7) is 2.01. The molecule has 5 N–H and O–H groups in total. The molecule has 1 saturated carbocycles. The van der Waals surface area contributed by atoms with E-state index in [0.717, 1.165) is 0 Å². The van der Waals surface area contributed by atoms with Gasteiger partial charge in [-0.05, 0) is 31.1 Å². The van der Waals surface area contributed by atoms with E-state index in [9.17, 15) is 19.4 Å². The van der Waals surface area contributed by atoms with E-state index < -0.39 is 48.2 Å². The summed E-state index contributed by atoms with van der Waals surface area (Å²) in [5.74, 6) is -1.31. The number of aliphatic hydroxyl groups is 3. The lowest BCUT2D eigenvalue weighted by molar-refractivity contribution is -0.143. The molecule has 8 heteroatoms. The Morgan fingerprint density at radius 1 is 1.42 bits per heavy atom. The number of carbonyl (C=O) groups is 1. The first-order valence-electron chi connectivity index (χ1n) is 8.57. The minimum absolute atomic E-state index is 0.0181. The minimum Gasteiger partial charge on any atom is -0.393 e. The Morgan fingerprint density at radius 2 is 2.00 bits per heavy atom. The largest absolute Gasteiger partial charge is 0.393 e. The second kappa shape index (κ2) is 8.27. The third-order valence-electron chi connectivity index (χ3n) is 5.57. The maximum atomic E-state index is 14.6. The van der Waals surface area contributed by atoms with Gasteiger partial charge in [-0.25, -0.2) is 4.39 Å². The zero-order valence-electron chi connectivity index (χ0n) is 13.9. The van der Waals surface area contributed by atoms with Crippen molar-refractivity contribution in [1.29, 1.82) is 0 Å². The van der Waals surface area contributed by atoms with E-state index in [4.69, 9.17) is 22.4 Å². The van der Waals surface area contributed by atoms with Crippen LogP contribution in [-0.4, -0.2) is 75.6 Å². The van der Waals surface area contributed by atoms with Crippen LogP contribution < -0.4 is 5.73 Å². The molecular formula is C16H28ClFN2O4. The van der Waals surface area contributed by atoms with Crippen LogP contribution in [-0.2, 0) is 4.79 Å². The van der Waals surface area contributed by atoms with E-state index in [2.05, 4.69) is 0 Å². The van der Waals surface area contributed by atoms with Gasteiger partial charge < -0.3 is 26.0 Å². The summed E-state index contributed by atoms with van der Waals surface area (Å²) in [4.78, 5) is 13.3. The van der Waals surface area contributed by atoms with Gasteiger partial charge in [0.05, 0.1) is 18.1 Å². The first-order valence-corrected chi connectivity index (χ1v) is 9.01. The van der Waals surface area contributed by atoms with Crippen LogP contribution in [0.5, 0.6) is 0 Å². The Labute approximate surface area is 146 Å². The molecule has 1 aliphatic carbocycles. The van der Waals surface area contributed by atoms with Crippen LogP contribution in [0.4, 0.5) is 4.39 Å². The smallest absolute Gasteiger partial charge is 0.253 e. The van der Waals surface area contributed by atoms with E-state index in [0.29, 0.717) is 32.4 Å². The molecule has 6 nitrogen and oxygen atoms in total. The summed E-state index contributed by atoms with van der Waals surface area (Å²) >= 11 is 6.13. The highest BCUT2D eigenvalue weighted by molar-refractivity contribution is 6.21. The van der Waals surface area contributed by atoms with Crippen LogP contribution >= 0.6 is 11.6 Å². The maximum Gasteiger partial charge on any atom is 0.253 e. The number of aliphatic hydroxyl groups excluding tert-OH is 3. The summed E-state index contributed by atoms with van der Waals surface area (Å²) < 4.78 is 14.6. The monoisotopic (exact) mass is 366 g/mol. The molecule has 0 aromatic rings. The summed E-state index contributed by atoms with van der Waals surface area (Å²) in [5, 5.41) is 27.9. The van der Waals surface area contributed by atoms with Crippen LogP contribution in [0, 0.1) is 17.8 Å². The fourth-order valence-corrected chi connectivity index (χ4v) is 4.25. The normalized spacial score (nSPS) is 38.0. The molecule has 2 fully saturated rings. The molecule has 2 aliphatic rings. The number of likely N-dealkylation sites (tertiary alicyclic amines) is 1. The van der Waals surface area contributed by atoms with Crippen molar-refractivity contribution in [2.24, 2.45) is 23.5 Å². The van der Waals surface area contributed by atoms with Crippen LogP contribution in [0.1, 0.15) is 26.2 Å². The lowest BCUT2D eigenvalue weighted by atomic mass is 9.71. The van der Waals surface area contributed by atoms with E-state index in [1.807, 2.05) is 6.92 Å². The van der Waals surface area contributed by atoms with Crippen molar-refractivity contribution in [3.8, 4) is 0 Å². The maximum absolute atomic E-state index is 14.6. The molecule has 0 aromatic carbocycles. The predicted octanol–water partition coefficient (Wildman–Crippen LogP) is -0.132. The van der Waals surface area contributed by atoms with Crippen LogP contribution in [0.25, 0.3) is 0 Å². The van der Waals surface area contributed by atoms with Crippen molar-refractivity contribution < 1.29 is 24.5 Å². The number of amides is 1. The van der Waals surface area contributed by atoms with Gasteiger partial charge in [-0.15, -0.1) is 11.6 Å². The second-order valence-electron chi connectivity index (χ2n) is 7.18. The van der Waals surface area contributed by atoms with Gasteiger partial charge in [-0.1, -0.05) is 6.92 Å². The van der Waals surface area contributed by atoms with Gasteiger partial charge >= 0.3 is 0 Å². The molecule has 5 unspecified atom stereocenters. The highest BCUT2D eigenvalue weighted by Crippen LogP contribution is 2.39. The minimum atomic E-state index is -1.40. The Kier molecular flexibility index (Phi) is 6.84. The molecule has 1 heterocycles. The van der Waals surface area contributed by atoms with Gasteiger partial charge in [0.15, 0.2) is 6.10 Å². The number of hydrogen-bond acceptors (Lipinski definition) is 5. The topological polar surface area (TPSA) is 107 Å². The van der Waals surface area contributed by atoms with Crippen molar-refractivity contribution in [2.75, 3.05) is 19.7 Å². The molecule has 2 rings (SSSR count). The molecule has 0 aromatic heterocycles. The quantitative estimate of drug-likeness (QED) is 0.518. The summed E-state index contributed by atoms with van der Waals surface area (Å²) in [6, 6.07) is -0.524. The predicted molar refractivity (Wildman–Crippen MR) is 88.2 cm³/mol. The van der Waals surface area contributed by atoms with Crippen LogP contribution in [0.3, 0.4) is 0 Å². The Bertz CT molecular complexity index is 436. The van der Waals surface area contributed by atoms with Crippen molar-refractivity contribution in [1.82, 2.24) is 4.90 Å². The third kappa shape index (κ3) is 4.02. The number of halogens is 2. The molecule has 0 bridgehead atoms. The van der Waals surface area contributed by atoms with Crippen LogP contribution in [0.15, 0.2) is 0 Å². The lowest BCUT2D eigenvalue weighted by Gasteiger charge is -2.44. The van der Waals surface area contributed by atoms with Gasteiger partial charge in [-0.2, -0.15) is 0 Å². The fourth-order valence-electron chi connectivity index (χ4n) is 3.98. The molecular weight excluding hydrogens is 339 g/mol. The Balaban J connectivity index is 1.95. The van der Waals surface area contributed by atoms with Crippen molar-refractivity contribution in [2.45, 2.75) is 56.0 Å². The van der Waals surface area contributed by atoms with Gasteiger partial charge in [0.25, 0.3) is 5.91 Å². The van der Waals surface area contributed by atoms with Gasteiger partial charge in [0, 0.05) is 25.0 Å². The summed E-state index contributed by atoms with van der Waals surface area (Å²) in [7, 11) is 0. The Hall–Kier alpha value is -0.470. The molecule has 1 saturated heterocycles. The fraction of sp³-hybridized carbons (Fsp3) is 0.938. The molecule has 7 atom stereocenters. The SMILES string of the molecule is CC1CC(O)C([C@H](N)C2CCN(C(=O)[C@H](O)CO)CC2)C(F)C1Cl. The van der Waals surface area contributed by atoms with Crippen molar-refractivity contribution >= 4 is 17.5 Å². The van der Waals surface area contributed by atoms with Gasteiger partial charge in [-0.3, -0.25) is 4.79 Å². The average molecular weight is 367 g/mol. The molecule has 0 spiro atoms. The highest BCUT2D eigenvalue weighted by atomic mass is 35.5. The standard InChI is InChI=1S/C16H28ClFN2O4/c1-8-6-10(22)12(14(18)13(8)17)15(19)9-2-4-20(5-3-9)16(24)11(23)7-21/h8-15,21-23H,2-7,19H2,1H3/t8?,10?,11-,12?,13?,14?,15-/m1/s1. The number of rotatable bonds is 4. The number of hydrogen-bond donors (Lipinski definition) is 4. The molecule has 1 aliphatic heterocycles.